The average molecular weight is 510 g/mol. The highest BCUT2D eigenvalue weighted by Gasteiger charge is 2.78. The van der Waals surface area contributed by atoms with Gasteiger partial charge in [-0.1, -0.05) is 33.3 Å². The maximum absolute atomic E-state index is 14.3. The summed E-state index contributed by atoms with van der Waals surface area (Å²) in [6.45, 7) is 13.9. The van der Waals surface area contributed by atoms with Gasteiger partial charge in [0.2, 0.25) is 0 Å². The standard InChI is InChI=1S/C31H43NO5/c1-16-8-21-20(25(9-16)36-18(3)33)10-23(34)27-28(21,4)14-26-29(5)12-22(24(35)13-30(27,29)6)31-11-17(2)7-19(37-31)15-32(26)31/h9,17,19-22,25-27H,7-8,10-15H2,1-6H3/t17-,19+,20-,21+,22+,25-,26+,27-,28-,29+,30-,31+/m0/s1. The minimum absolute atomic E-state index is 0.00739. The van der Waals surface area contributed by atoms with Crippen LogP contribution in [-0.2, 0) is 23.9 Å². The predicted octanol–water partition coefficient (Wildman–Crippen LogP) is 4.70. The molecule has 12 atom stereocenters. The number of ketones is 2. The fraction of sp³-hybridized carbons (Fsp3) is 0.839. The second kappa shape index (κ2) is 7.35. The van der Waals surface area contributed by atoms with Gasteiger partial charge in [0.15, 0.2) is 0 Å². The lowest BCUT2D eigenvalue weighted by Gasteiger charge is -2.74. The van der Waals surface area contributed by atoms with Crippen molar-refractivity contribution in [2.45, 2.75) is 110 Å². The van der Waals surface area contributed by atoms with E-state index in [0.29, 0.717) is 24.5 Å². The van der Waals surface area contributed by atoms with E-state index in [0.717, 1.165) is 38.6 Å². The molecule has 0 amide bonds. The second-order valence-corrected chi connectivity index (χ2v) is 14.9. The van der Waals surface area contributed by atoms with Crippen LogP contribution in [-0.4, -0.2) is 53.0 Å². The molecule has 3 saturated carbocycles. The number of hydrogen-bond donors (Lipinski definition) is 0. The van der Waals surface area contributed by atoms with Crippen molar-refractivity contribution in [3.05, 3.63) is 11.6 Å². The first-order valence-corrected chi connectivity index (χ1v) is 14.7. The van der Waals surface area contributed by atoms with Gasteiger partial charge in [0.25, 0.3) is 0 Å². The Kier molecular flexibility index (Phi) is 4.87. The summed E-state index contributed by atoms with van der Waals surface area (Å²) < 4.78 is 12.6. The number of piperidine rings is 1. The average Bonchev–Trinajstić information content (AvgIpc) is 3.05. The number of Topliss-reactive ketones (excluding diaryl/α,β-unsaturated/α-hetero) is 2. The van der Waals surface area contributed by atoms with Crippen molar-refractivity contribution in [1.82, 2.24) is 4.90 Å². The summed E-state index contributed by atoms with van der Waals surface area (Å²) >= 11 is 0. The van der Waals surface area contributed by atoms with Crippen molar-refractivity contribution in [2.75, 3.05) is 6.54 Å². The third-order valence-electron chi connectivity index (χ3n) is 12.8. The summed E-state index contributed by atoms with van der Waals surface area (Å²) in [6.07, 6.45) is 7.58. The monoisotopic (exact) mass is 509 g/mol. The molecule has 3 saturated heterocycles. The SMILES string of the molecule is CC(=O)O[C@H]1C=C(C)C[C@@H]2[C@@H]1CC(=O)[C@H]1[C@@]2(C)C[C@H]2N3C[C@H]4C[C@H](C)C[C@@]3(O4)[C@@H]3C[C@@]2(C)[C@@]1(C)CC3=O. The number of esters is 1. The molecule has 4 aliphatic carbocycles. The molecule has 0 aromatic carbocycles. The second-order valence-electron chi connectivity index (χ2n) is 14.9. The zero-order valence-corrected chi connectivity index (χ0v) is 23.3. The van der Waals surface area contributed by atoms with E-state index in [1.807, 2.05) is 0 Å². The number of rotatable bonds is 1. The first kappa shape index (κ1) is 24.5. The van der Waals surface area contributed by atoms with E-state index in [1.54, 1.807) is 0 Å². The molecule has 3 heterocycles. The van der Waals surface area contributed by atoms with Gasteiger partial charge in [-0.25, -0.2) is 0 Å². The highest BCUT2D eigenvalue weighted by Crippen LogP contribution is 2.75. The molecule has 7 rings (SSSR count). The Morgan fingerprint density at radius 1 is 1.08 bits per heavy atom. The summed E-state index contributed by atoms with van der Waals surface area (Å²) in [5.41, 5.74) is 0.0308. The van der Waals surface area contributed by atoms with Crippen LogP contribution in [0, 0.1) is 45.8 Å². The van der Waals surface area contributed by atoms with E-state index >= 15 is 0 Å². The number of hydrogen-bond acceptors (Lipinski definition) is 6. The van der Waals surface area contributed by atoms with Gasteiger partial charge in [-0.15, -0.1) is 0 Å². The highest BCUT2D eigenvalue weighted by atomic mass is 16.5. The number of ether oxygens (including phenoxy) is 2. The number of carbonyl (C=O) groups excluding carboxylic acids is 3. The maximum Gasteiger partial charge on any atom is 0.303 e. The molecule has 1 spiro atoms. The van der Waals surface area contributed by atoms with Crippen molar-refractivity contribution in [3.8, 4) is 0 Å². The van der Waals surface area contributed by atoms with E-state index in [9.17, 15) is 14.4 Å². The summed E-state index contributed by atoms with van der Waals surface area (Å²) in [4.78, 5) is 43.0. The molecule has 7 aliphatic rings. The Labute approximate surface area is 220 Å². The van der Waals surface area contributed by atoms with Crippen LogP contribution in [0.5, 0.6) is 0 Å². The number of allylic oxidation sites excluding steroid dienone is 1. The molecule has 0 aromatic rings. The third-order valence-corrected chi connectivity index (χ3v) is 12.8. The molecular weight excluding hydrogens is 466 g/mol. The van der Waals surface area contributed by atoms with Crippen LogP contribution in [0.1, 0.15) is 86.5 Å². The lowest BCUT2D eigenvalue weighted by Crippen LogP contribution is -2.78. The lowest BCUT2D eigenvalue weighted by atomic mass is 9.33. The Morgan fingerprint density at radius 2 is 1.84 bits per heavy atom. The van der Waals surface area contributed by atoms with Crippen LogP contribution in [0.4, 0.5) is 0 Å². The van der Waals surface area contributed by atoms with Gasteiger partial charge in [-0.2, -0.15) is 0 Å². The first-order valence-electron chi connectivity index (χ1n) is 14.7. The Morgan fingerprint density at radius 3 is 2.57 bits per heavy atom. The van der Waals surface area contributed by atoms with Crippen molar-refractivity contribution in [2.24, 2.45) is 45.8 Å². The van der Waals surface area contributed by atoms with E-state index in [2.05, 4.69) is 45.6 Å². The van der Waals surface area contributed by atoms with Gasteiger partial charge in [-0.3, -0.25) is 19.3 Å². The molecule has 6 fully saturated rings. The summed E-state index contributed by atoms with van der Waals surface area (Å²) in [5.74, 6) is 0.892. The van der Waals surface area contributed by atoms with Crippen molar-refractivity contribution < 1.29 is 23.9 Å². The normalized spacial score (nSPS) is 56.1. The van der Waals surface area contributed by atoms with Gasteiger partial charge in [0.05, 0.1) is 12.0 Å². The van der Waals surface area contributed by atoms with Crippen molar-refractivity contribution >= 4 is 17.5 Å². The van der Waals surface area contributed by atoms with Crippen LogP contribution >= 0.6 is 0 Å². The van der Waals surface area contributed by atoms with E-state index < -0.39 is 5.72 Å². The van der Waals surface area contributed by atoms with E-state index in [4.69, 9.17) is 9.47 Å². The zero-order valence-electron chi connectivity index (χ0n) is 23.3. The molecule has 0 aromatic heterocycles. The molecule has 202 valence electrons. The van der Waals surface area contributed by atoms with Gasteiger partial charge in [0.1, 0.15) is 23.4 Å². The quantitative estimate of drug-likeness (QED) is 0.377. The minimum atomic E-state index is -0.463. The van der Waals surface area contributed by atoms with Crippen LogP contribution in [0.3, 0.4) is 0 Å². The largest absolute Gasteiger partial charge is 0.458 e. The minimum Gasteiger partial charge on any atom is -0.458 e. The van der Waals surface area contributed by atoms with E-state index in [-0.39, 0.29) is 69.9 Å². The van der Waals surface area contributed by atoms with Gasteiger partial charge >= 0.3 is 5.97 Å². The van der Waals surface area contributed by atoms with Crippen LogP contribution in [0.2, 0.25) is 0 Å². The van der Waals surface area contributed by atoms with Gasteiger partial charge in [0, 0.05) is 44.2 Å². The molecule has 6 nitrogen and oxygen atoms in total. The number of nitrogens with zero attached hydrogens (tertiary/aromatic N) is 1. The Hall–Kier alpha value is -1.53. The molecule has 4 bridgehead atoms. The summed E-state index contributed by atoms with van der Waals surface area (Å²) in [6, 6.07) is 0.281. The molecule has 0 N–H and O–H groups in total. The van der Waals surface area contributed by atoms with Crippen LogP contribution < -0.4 is 0 Å². The van der Waals surface area contributed by atoms with Gasteiger partial charge < -0.3 is 9.47 Å². The van der Waals surface area contributed by atoms with Crippen molar-refractivity contribution in [1.29, 1.82) is 0 Å². The highest BCUT2D eigenvalue weighted by molar-refractivity contribution is 5.89. The lowest BCUT2D eigenvalue weighted by molar-refractivity contribution is -0.291. The number of carbonyl (C=O) groups is 3. The Bertz CT molecular complexity index is 1130. The van der Waals surface area contributed by atoms with Crippen LogP contribution in [0.15, 0.2) is 11.6 Å². The topological polar surface area (TPSA) is 72.9 Å². The molecule has 6 heteroatoms. The predicted molar refractivity (Wildman–Crippen MR) is 137 cm³/mol. The first-order chi connectivity index (χ1) is 17.3. The smallest absolute Gasteiger partial charge is 0.303 e. The Balaban J connectivity index is 1.38. The molecule has 37 heavy (non-hydrogen) atoms. The molecule has 0 radical (unpaired) electrons. The zero-order chi connectivity index (χ0) is 26.3. The summed E-state index contributed by atoms with van der Waals surface area (Å²) in [5, 5.41) is 0. The fourth-order valence-corrected chi connectivity index (χ4v) is 11.6. The maximum atomic E-state index is 14.3. The molecule has 0 unspecified atom stereocenters. The third kappa shape index (κ3) is 2.87. The van der Waals surface area contributed by atoms with E-state index in [1.165, 1.54) is 12.5 Å². The molecule has 3 aliphatic heterocycles. The van der Waals surface area contributed by atoms with Crippen LogP contribution in [0.25, 0.3) is 0 Å². The number of fused-ring (bicyclic) bond motifs is 7. The van der Waals surface area contributed by atoms with Crippen molar-refractivity contribution in [3.63, 3.8) is 0 Å². The summed E-state index contributed by atoms with van der Waals surface area (Å²) in [7, 11) is 0. The fourth-order valence-electron chi connectivity index (χ4n) is 11.6. The van der Waals surface area contributed by atoms with Gasteiger partial charge in [-0.05, 0) is 73.2 Å². The molecular formula is C31H43NO5.